The first-order valence-corrected chi connectivity index (χ1v) is 12.9. The summed E-state index contributed by atoms with van der Waals surface area (Å²) in [7, 11) is 4.09. The molecule has 0 aliphatic carbocycles. The van der Waals surface area contributed by atoms with Crippen LogP contribution in [0, 0.1) is 11.3 Å². The van der Waals surface area contributed by atoms with Crippen molar-refractivity contribution < 1.29 is 14.3 Å². The molecule has 1 aromatic heterocycles. The molecule has 1 fully saturated rings. The lowest BCUT2D eigenvalue weighted by Crippen LogP contribution is -2.46. The second kappa shape index (κ2) is 11.8. The van der Waals surface area contributed by atoms with Crippen LogP contribution in [0.3, 0.4) is 0 Å². The molecule has 34 heavy (non-hydrogen) atoms. The van der Waals surface area contributed by atoms with Crippen LogP contribution in [0.2, 0.25) is 0 Å². The minimum Gasteiger partial charge on any atom is -0.493 e. The van der Waals surface area contributed by atoms with Gasteiger partial charge in [0.15, 0.2) is 0 Å². The molecule has 1 aromatic carbocycles. The highest BCUT2D eigenvalue weighted by Gasteiger charge is 2.29. The first kappa shape index (κ1) is 26.2. The Morgan fingerprint density at radius 2 is 1.94 bits per heavy atom. The quantitative estimate of drug-likeness (QED) is 0.554. The monoisotopic (exact) mass is 486 g/mol. The van der Waals surface area contributed by atoms with Crippen LogP contribution in [0.4, 0.5) is 0 Å². The van der Waals surface area contributed by atoms with Crippen molar-refractivity contribution in [2.24, 2.45) is 11.3 Å². The molecule has 0 unspecified atom stereocenters. The lowest BCUT2D eigenvalue weighted by molar-refractivity contribution is -0.135. The number of carbonyl (C=O) groups excluding carboxylic acids is 2. The Hall–Kier alpha value is -2.45. The van der Waals surface area contributed by atoms with Crippen molar-refractivity contribution >= 4 is 23.2 Å². The standard InChI is InChI=1S/C26H38N4O3S/c1-6-33-22-10-8-7-9-21(22)25-28-20(16-34-25)15-23(31)30-13-11-19(12-14-30)24(32)27-17-26(2,3)18-29(4)5/h7-10,16,19H,6,11-15,17-18H2,1-5H3,(H,27,32). The van der Waals surface area contributed by atoms with Gasteiger partial charge in [-0.2, -0.15) is 0 Å². The fourth-order valence-corrected chi connectivity index (χ4v) is 5.33. The number of carbonyl (C=O) groups is 2. The van der Waals surface area contributed by atoms with E-state index >= 15 is 0 Å². The van der Waals surface area contributed by atoms with E-state index in [4.69, 9.17) is 9.72 Å². The lowest BCUT2D eigenvalue weighted by Gasteiger charge is -2.33. The largest absolute Gasteiger partial charge is 0.493 e. The van der Waals surface area contributed by atoms with Gasteiger partial charge in [0.05, 0.1) is 24.3 Å². The Balaban J connectivity index is 1.49. The van der Waals surface area contributed by atoms with Gasteiger partial charge in [-0.3, -0.25) is 9.59 Å². The number of nitrogens with zero attached hydrogens (tertiary/aromatic N) is 3. The van der Waals surface area contributed by atoms with Crippen LogP contribution in [0.25, 0.3) is 10.6 Å². The summed E-state index contributed by atoms with van der Waals surface area (Å²) in [6.07, 6.45) is 1.69. The summed E-state index contributed by atoms with van der Waals surface area (Å²) in [4.78, 5) is 34.2. The van der Waals surface area contributed by atoms with E-state index in [9.17, 15) is 9.59 Å². The van der Waals surface area contributed by atoms with Gasteiger partial charge in [0.25, 0.3) is 0 Å². The molecule has 1 saturated heterocycles. The molecular weight excluding hydrogens is 448 g/mol. The molecule has 3 rings (SSSR count). The summed E-state index contributed by atoms with van der Waals surface area (Å²) in [6, 6.07) is 7.84. The van der Waals surface area contributed by atoms with Crippen molar-refractivity contribution in [3.05, 3.63) is 35.3 Å². The van der Waals surface area contributed by atoms with Crippen LogP contribution in [0.1, 0.15) is 39.3 Å². The number of aromatic nitrogens is 1. The van der Waals surface area contributed by atoms with Crippen LogP contribution in [0.15, 0.2) is 29.6 Å². The zero-order valence-electron chi connectivity index (χ0n) is 21.1. The Kier molecular flexibility index (Phi) is 9.08. The molecule has 1 N–H and O–H groups in total. The summed E-state index contributed by atoms with van der Waals surface area (Å²) in [5.41, 5.74) is 1.75. The van der Waals surface area contributed by atoms with Gasteiger partial charge in [-0.1, -0.05) is 26.0 Å². The SMILES string of the molecule is CCOc1ccccc1-c1nc(CC(=O)N2CCC(C(=O)NCC(C)(C)CN(C)C)CC2)cs1. The van der Waals surface area contributed by atoms with E-state index in [0.29, 0.717) is 39.1 Å². The average Bonchev–Trinajstić information content (AvgIpc) is 3.25. The Bertz CT molecular complexity index is 964. The van der Waals surface area contributed by atoms with Gasteiger partial charge in [-0.05, 0) is 51.4 Å². The van der Waals surface area contributed by atoms with E-state index < -0.39 is 0 Å². The van der Waals surface area contributed by atoms with Crippen molar-refractivity contribution in [3.8, 4) is 16.3 Å². The molecule has 8 heteroatoms. The van der Waals surface area contributed by atoms with E-state index in [1.54, 1.807) is 0 Å². The number of hydrogen-bond acceptors (Lipinski definition) is 6. The third-order valence-electron chi connectivity index (χ3n) is 6.01. The van der Waals surface area contributed by atoms with E-state index in [1.807, 2.05) is 55.6 Å². The number of ether oxygens (including phenoxy) is 1. The molecule has 1 aliphatic heterocycles. The van der Waals surface area contributed by atoms with Crippen molar-refractivity contribution in [1.29, 1.82) is 0 Å². The number of benzene rings is 1. The number of hydrogen-bond donors (Lipinski definition) is 1. The van der Waals surface area contributed by atoms with E-state index in [0.717, 1.165) is 28.6 Å². The number of thiazole rings is 1. The highest BCUT2D eigenvalue weighted by atomic mass is 32.1. The molecule has 0 saturated carbocycles. The second-order valence-corrected chi connectivity index (χ2v) is 10.9. The molecule has 2 heterocycles. The summed E-state index contributed by atoms with van der Waals surface area (Å²) in [6.45, 7) is 9.67. The molecular formula is C26H38N4O3S. The summed E-state index contributed by atoms with van der Waals surface area (Å²) >= 11 is 1.53. The first-order chi connectivity index (χ1) is 16.2. The average molecular weight is 487 g/mol. The van der Waals surface area contributed by atoms with Crippen LogP contribution in [-0.4, -0.2) is 73.5 Å². The van der Waals surface area contributed by atoms with Crippen LogP contribution < -0.4 is 10.1 Å². The molecule has 2 aromatic rings. The molecule has 2 amide bonds. The van der Waals surface area contributed by atoms with Gasteiger partial charge < -0.3 is 19.9 Å². The summed E-state index contributed by atoms with van der Waals surface area (Å²) in [5.74, 6) is 0.958. The zero-order valence-corrected chi connectivity index (χ0v) is 21.9. The minimum absolute atomic E-state index is 0.0192. The van der Waals surface area contributed by atoms with Crippen LogP contribution >= 0.6 is 11.3 Å². The topological polar surface area (TPSA) is 74.8 Å². The third kappa shape index (κ3) is 7.27. The Morgan fingerprint density at radius 1 is 1.24 bits per heavy atom. The van der Waals surface area contributed by atoms with Gasteiger partial charge in [0.1, 0.15) is 10.8 Å². The van der Waals surface area contributed by atoms with Gasteiger partial charge in [0, 0.05) is 37.5 Å². The number of amides is 2. The van der Waals surface area contributed by atoms with E-state index in [1.165, 1.54) is 11.3 Å². The van der Waals surface area contributed by atoms with Crippen molar-refractivity contribution in [3.63, 3.8) is 0 Å². The highest BCUT2D eigenvalue weighted by Crippen LogP contribution is 2.32. The maximum Gasteiger partial charge on any atom is 0.228 e. The molecule has 0 radical (unpaired) electrons. The number of para-hydroxylation sites is 1. The Labute approximate surface area is 207 Å². The predicted molar refractivity (Wildman–Crippen MR) is 137 cm³/mol. The summed E-state index contributed by atoms with van der Waals surface area (Å²) in [5, 5.41) is 5.94. The summed E-state index contributed by atoms with van der Waals surface area (Å²) < 4.78 is 5.72. The van der Waals surface area contributed by atoms with Crippen LogP contribution in [-0.2, 0) is 16.0 Å². The van der Waals surface area contributed by atoms with Gasteiger partial charge in [0.2, 0.25) is 11.8 Å². The second-order valence-electron chi connectivity index (χ2n) is 10.0. The molecule has 7 nitrogen and oxygen atoms in total. The Morgan fingerprint density at radius 3 is 2.62 bits per heavy atom. The van der Waals surface area contributed by atoms with Gasteiger partial charge in [-0.25, -0.2) is 4.98 Å². The maximum absolute atomic E-state index is 12.9. The molecule has 1 aliphatic rings. The smallest absolute Gasteiger partial charge is 0.228 e. The molecule has 0 bridgehead atoms. The van der Waals surface area contributed by atoms with E-state index in [2.05, 4.69) is 24.1 Å². The third-order valence-corrected chi connectivity index (χ3v) is 6.93. The van der Waals surface area contributed by atoms with Crippen LogP contribution in [0.5, 0.6) is 5.75 Å². The molecule has 186 valence electrons. The van der Waals surface area contributed by atoms with Crippen molar-refractivity contribution in [2.75, 3.05) is 46.9 Å². The van der Waals surface area contributed by atoms with Gasteiger partial charge in [-0.15, -0.1) is 11.3 Å². The van der Waals surface area contributed by atoms with Crippen molar-refractivity contribution in [1.82, 2.24) is 20.1 Å². The zero-order chi connectivity index (χ0) is 24.7. The van der Waals surface area contributed by atoms with Gasteiger partial charge >= 0.3 is 0 Å². The van der Waals surface area contributed by atoms with E-state index in [-0.39, 0.29) is 29.6 Å². The highest BCUT2D eigenvalue weighted by molar-refractivity contribution is 7.13. The minimum atomic E-state index is -0.0276. The predicted octanol–water partition coefficient (Wildman–Crippen LogP) is 3.69. The molecule has 0 atom stereocenters. The molecule has 0 spiro atoms. The van der Waals surface area contributed by atoms with Crippen molar-refractivity contribution in [2.45, 2.75) is 40.0 Å². The number of rotatable bonds is 10. The maximum atomic E-state index is 12.9. The number of likely N-dealkylation sites (tertiary alicyclic amines) is 1. The first-order valence-electron chi connectivity index (χ1n) is 12.1. The fourth-order valence-electron chi connectivity index (χ4n) is 4.48. The number of nitrogens with one attached hydrogen (secondary N) is 1. The number of piperidine rings is 1. The normalized spacial score (nSPS) is 14.9. The fraction of sp³-hybridized carbons (Fsp3) is 0.577. The lowest BCUT2D eigenvalue weighted by atomic mass is 9.91.